The fourth-order valence-corrected chi connectivity index (χ4v) is 1.76. The highest BCUT2D eigenvalue weighted by molar-refractivity contribution is 9.10. The molecule has 86 valence electrons. The fourth-order valence-electron chi connectivity index (χ4n) is 1.51. The molecule has 0 saturated carbocycles. The second-order valence-corrected chi connectivity index (χ2v) is 4.68. The van der Waals surface area contributed by atoms with E-state index in [1.54, 1.807) is 18.2 Å². The maximum absolute atomic E-state index is 13.3. The molecular formula is C14H10BrFO. The van der Waals surface area contributed by atoms with Crippen molar-refractivity contribution in [1.29, 1.82) is 0 Å². The first kappa shape index (κ1) is 12.0. The molecule has 0 aliphatic rings. The number of aryl methyl sites for hydroxylation is 1. The second-order valence-electron chi connectivity index (χ2n) is 3.82. The predicted molar refractivity (Wildman–Crippen MR) is 68.7 cm³/mol. The highest BCUT2D eigenvalue weighted by atomic mass is 79.9. The van der Waals surface area contributed by atoms with Crippen LogP contribution in [0.15, 0.2) is 46.9 Å². The minimum Gasteiger partial charge on any atom is -0.289 e. The van der Waals surface area contributed by atoms with Gasteiger partial charge < -0.3 is 0 Å². The third kappa shape index (κ3) is 2.61. The predicted octanol–water partition coefficient (Wildman–Crippen LogP) is 4.13. The molecule has 0 N–H and O–H groups in total. The molecule has 0 saturated heterocycles. The highest BCUT2D eigenvalue weighted by Gasteiger charge is 2.10. The first-order valence-corrected chi connectivity index (χ1v) is 5.93. The van der Waals surface area contributed by atoms with Gasteiger partial charge in [0, 0.05) is 11.1 Å². The van der Waals surface area contributed by atoms with Gasteiger partial charge in [0.15, 0.2) is 5.78 Å². The van der Waals surface area contributed by atoms with E-state index in [2.05, 4.69) is 15.9 Å². The summed E-state index contributed by atoms with van der Waals surface area (Å²) in [5.74, 6) is -0.598. The molecule has 0 aromatic heterocycles. The van der Waals surface area contributed by atoms with Crippen LogP contribution in [0.2, 0.25) is 0 Å². The molecule has 17 heavy (non-hydrogen) atoms. The van der Waals surface area contributed by atoms with Gasteiger partial charge in [-0.3, -0.25) is 4.79 Å². The van der Waals surface area contributed by atoms with Crippen LogP contribution in [0.5, 0.6) is 0 Å². The number of halogens is 2. The second kappa shape index (κ2) is 4.80. The third-order valence-electron chi connectivity index (χ3n) is 2.50. The van der Waals surface area contributed by atoms with Gasteiger partial charge in [0.1, 0.15) is 5.82 Å². The minimum atomic E-state index is -0.428. The lowest BCUT2D eigenvalue weighted by Gasteiger charge is -2.03. The van der Waals surface area contributed by atoms with Crippen LogP contribution in [0.25, 0.3) is 0 Å². The zero-order valence-corrected chi connectivity index (χ0v) is 10.8. The molecule has 0 spiro atoms. The van der Waals surface area contributed by atoms with Crippen molar-refractivity contribution in [3.8, 4) is 0 Å². The molecule has 2 aromatic carbocycles. The van der Waals surface area contributed by atoms with Crippen LogP contribution >= 0.6 is 15.9 Å². The molecule has 0 heterocycles. The van der Waals surface area contributed by atoms with Crippen LogP contribution in [0, 0.1) is 12.7 Å². The number of benzene rings is 2. The number of carbonyl (C=O) groups excluding carboxylic acids is 1. The average Bonchev–Trinajstić information content (AvgIpc) is 2.33. The lowest BCUT2D eigenvalue weighted by atomic mass is 10.0. The van der Waals surface area contributed by atoms with Crippen molar-refractivity contribution in [2.24, 2.45) is 0 Å². The zero-order chi connectivity index (χ0) is 12.4. The van der Waals surface area contributed by atoms with E-state index in [-0.39, 0.29) is 5.78 Å². The summed E-state index contributed by atoms with van der Waals surface area (Å²) in [4.78, 5) is 12.0. The van der Waals surface area contributed by atoms with Gasteiger partial charge in [0.2, 0.25) is 0 Å². The summed E-state index contributed by atoms with van der Waals surface area (Å²) in [6.07, 6.45) is 0. The Hall–Kier alpha value is -1.48. The van der Waals surface area contributed by atoms with Crippen molar-refractivity contribution < 1.29 is 9.18 Å². The Morgan fingerprint density at radius 1 is 1.06 bits per heavy atom. The summed E-state index contributed by atoms with van der Waals surface area (Å²) in [5, 5.41) is 0. The monoisotopic (exact) mass is 292 g/mol. The molecular weight excluding hydrogens is 283 g/mol. The summed E-state index contributed by atoms with van der Waals surface area (Å²) in [5.41, 5.74) is 2.01. The largest absolute Gasteiger partial charge is 0.289 e. The fraction of sp³-hybridized carbons (Fsp3) is 0.0714. The molecule has 3 heteroatoms. The quantitative estimate of drug-likeness (QED) is 0.761. The topological polar surface area (TPSA) is 17.1 Å². The Balaban J connectivity index is 2.37. The lowest BCUT2D eigenvalue weighted by Crippen LogP contribution is -2.01. The van der Waals surface area contributed by atoms with Crippen LogP contribution < -0.4 is 0 Å². The van der Waals surface area contributed by atoms with Gasteiger partial charge in [0.05, 0.1) is 4.47 Å². The number of hydrogen-bond donors (Lipinski definition) is 0. The molecule has 0 aliphatic carbocycles. The van der Waals surface area contributed by atoms with Crippen LogP contribution in [0.4, 0.5) is 4.39 Å². The van der Waals surface area contributed by atoms with E-state index < -0.39 is 5.82 Å². The Morgan fingerprint density at radius 3 is 2.24 bits per heavy atom. The van der Waals surface area contributed by atoms with Gasteiger partial charge >= 0.3 is 0 Å². The van der Waals surface area contributed by atoms with Gasteiger partial charge in [-0.1, -0.05) is 29.8 Å². The van der Waals surface area contributed by atoms with Gasteiger partial charge in [-0.2, -0.15) is 0 Å². The number of rotatable bonds is 2. The zero-order valence-electron chi connectivity index (χ0n) is 9.21. The van der Waals surface area contributed by atoms with Crippen LogP contribution in [-0.2, 0) is 0 Å². The molecule has 0 amide bonds. The van der Waals surface area contributed by atoms with Crippen molar-refractivity contribution in [1.82, 2.24) is 0 Å². The molecule has 0 bridgehead atoms. The standard InChI is InChI=1S/C14H10BrFO/c1-9-2-4-10(5-3-9)14(17)11-6-7-12(15)13(16)8-11/h2-8H,1H3. The van der Waals surface area contributed by atoms with Gasteiger partial charge in [-0.05, 0) is 41.1 Å². The van der Waals surface area contributed by atoms with Crippen molar-refractivity contribution in [3.63, 3.8) is 0 Å². The summed E-state index contributed by atoms with van der Waals surface area (Å²) in [6.45, 7) is 1.95. The summed E-state index contributed by atoms with van der Waals surface area (Å²) in [6, 6.07) is 11.6. The summed E-state index contributed by atoms with van der Waals surface area (Å²) >= 11 is 3.06. The molecule has 0 radical (unpaired) electrons. The average molecular weight is 293 g/mol. The summed E-state index contributed by atoms with van der Waals surface area (Å²) < 4.78 is 13.7. The SMILES string of the molecule is Cc1ccc(C(=O)c2ccc(Br)c(F)c2)cc1. The molecule has 0 atom stereocenters. The normalized spacial score (nSPS) is 10.3. The lowest BCUT2D eigenvalue weighted by molar-refractivity contribution is 0.103. The van der Waals surface area contributed by atoms with Crippen LogP contribution in [0.1, 0.15) is 21.5 Å². The maximum atomic E-state index is 13.3. The van der Waals surface area contributed by atoms with E-state index in [9.17, 15) is 9.18 Å². The van der Waals surface area contributed by atoms with Gasteiger partial charge in [-0.25, -0.2) is 4.39 Å². The smallest absolute Gasteiger partial charge is 0.193 e. The molecule has 2 aromatic rings. The molecule has 0 aliphatic heterocycles. The Labute approximate surface area is 107 Å². The summed E-state index contributed by atoms with van der Waals surface area (Å²) in [7, 11) is 0. The highest BCUT2D eigenvalue weighted by Crippen LogP contribution is 2.18. The van der Waals surface area contributed by atoms with E-state index in [0.29, 0.717) is 15.6 Å². The number of hydrogen-bond acceptors (Lipinski definition) is 1. The molecule has 0 fully saturated rings. The maximum Gasteiger partial charge on any atom is 0.193 e. The van der Waals surface area contributed by atoms with E-state index in [1.165, 1.54) is 12.1 Å². The number of ketones is 1. The van der Waals surface area contributed by atoms with E-state index in [0.717, 1.165) is 5.56 Å². The van der Waals surface area contributed by atoms with Crippen molar-refractivity contribution >= 4 is 21.7 Å². The van der Waals surface area contributed by atoms with Crippen LogP contribution in [0.3, 0.4) is 0 Å². The molecule has 1 nitrogen and oxygen atoms in total. The Morgan fingerprint density at radius 2 is 1.65 bits per heavy atom. The Bertz CT molecular complexity index is 561. The molecule has 2 rings (SSSR count). The first-order chi connectivity index (χ1) is 8.08. The van der Waals surface area contributed by atoms with Crippen molar-refractivity contribution in [3.05, 3.63) is 69.4 Å². The third-order valence-corrected chi connectivity index (χ3v) is 3.14. The van der Waals surface area contributed by atoms with Crippen LogP contribution in [-0.4, -0.2) is 5.78 Å². The first-order valence-electron chi connectivity index (χ1n) is 5.14. The van der Waals surface area contributed by atoms with Gasteiger partial charge in [0.25, 0.3) is 0 Å². The number of carbonyl (C=O) groups is 1. The van der Waals surface area contributed by atoms with Gasteiger partial charge in [-0.15, -0.1) is 0 Å². The minimum absolute atomic E-state index is 0.170. The Kier molecular flexibility index (Phi) is 3.38. The van der Waals surface area contributed by atoms with Crippen molar-refractivity contribution in [2.45, 2.75) is 6.92 Å². The van der Waals surface area contributed by atoms with E-state index in [1.807, 2.05) is 19.1 Å². The molecule has 0 unspecified atom stereocenters. The van der Waals surface area contributed by atoms with Crippen molar-refractivity contribution in [2.75, 3.05) is 0 Å². The van der Waals surface area contributed by atoms with E-state index in [4.69, 9.17) is 0 Å². The van der Waals surface area contributed by atoms with E-state index >= 15 is 0 Å².